The number of ether oxygens (including phenoxy) is 1. The number of hydrogen-bond donors (Lipinski definition) is 0. The lowest BCUT2D eigenvalue weighted by atomic mass is 10.0. The highest BCUT2D eigenvalue weighted by atomic mass is 16.5. The minimum absolute atomic E-state index is 0.136. The summed E-state index contributed by atoms with van der Waals surface area (Å²) in [5.74, 6) is -0.136. The quantitative estimate of drug-likeness (QED) is 0.0794. The SMILES string of the molecule is COC(=O)CC/C=C(/C)CC/C=C(/C)CC/C=C(/C)CC/C=C(/C)CC/C=C(/C)CC/C=C(\C)CC/C=C(\C)CCC=C(C)C. The van der Waals surface area contributed by atoms with Crippen LogP contribution in [0.25, 0.3) is 0 Å². The lowest BCUT2D eigenvalue weighted by Gasteiger charge is -2.04. The van der Waals surface area contributed by atoms with E-state index in [-0.39, 0.29) is 5.97 Å². The minimum atomic E-state index is -0.136. The van der Waals surface area contributed by atoms with Crippen molar-refractivity contribution in [3.63, 3.8) is 0 Å². The molecule has 0 fully saturated rings. The average molecular weight is 619 g/mol. The standard InChI is InChI=1S/C43H70O2/c1-35(2)19-11-20-36(3)21-12-22-37(4)23-13-24-38(5)25-14-26-39(6)27-15-28-40(7)29-16-30-41(8)31-17-32-42(9)33-18-34-43(44)45-10/h19,21,23,25,27,29,31,33H,11-18,20,22,24,26,28,30,32,34H2,1-10H3/b36-21+,37-23+,38-25-,39-27-,40-29-,41-31-,42-33-. The zero-order valence-electron chi connectivity index (χ0n) is 31.2. The molecule has 0 rings (SSSR count). The normalized spacial score (nSPS) is 14.2. The summed E-state index contributed by atoms with van der Waals surface area (Å²) in [6.45, 7) is 20.2. The molecule has 0 radical (unpaired) electrons. The zero-order chi connectivity index (χ0) is 33.9. The van der Waals surface area contributed by atoms with Crippen molar-refractivity contribution >= 4 is 5.97 Å². The lowest BCUT2D eigenvalue weighted by molar-refractivity contribution is -0.140. The fraction of sp³-hybridized carbons (Fsp3) is 0.605. The van der Waals surface area contributed by atoms with Crippen molar-refractivity contribution in [2.75, 3.05) is 7.11 Å². The van der Waals surface area contributed by atoms with Gasteiger partial charge in [-0.3, -0.25) is 4.79 Å². The van der Waals surface area contributed by atoms with Gasteiger partial charge in [-0.15, -0.1) is 0 Å². The number of carbonyl (C=O) groups is 1. The first kappa shape index (κ1) is 42.4. The van der Waals surface area contributed by atoms with E-state index in [1.807, 2.05) is 0 Å². The molecule has 0 aliphatic carbocycles. The second kappa shape index (κ2) is 27.7. The molecular formula is C43H70O2. The van der Waals surface area contributed by atoms with Crippen LogP contribution in [0.2, 0.25) is 0 Å². The smallest absolute Gasteiger partial charge is 0.305 e. The van der Waals surface area contributed by atoms with Gasteiger partial charge < -0.3 is 4.74 Å². The van der Waals surface area contributed by atoms with Gasteiger partial charge in [-0.2, -0.15) is 0 Å². The summed E-state index contributed by atoms with van der Waals surface area (Å²) in [6, 6.07) is 0. The van der Waals surface area contributed by atoms with Crippen molar-refractivity contribution in [2.24, 2.45) is 0 Å². The van der Waals surface area contributed by atoms with E-state index >= 15 is 0 Å². The van der Waals surface area contributed by atoms with E-state index in [2.05, 4.69) is 111 Å². The summed E-state index contributed by atoms with van der Waals surface area (Å²) in [5.41, 5.74) is 11.8. The highest BCUT2D eigenvalue weighted by Crippen LogP contribution is 2.17. The Morgan fingerprint density at radius 3 is 0.756 bits per heavy atom. The third kappa shape index (κ3) is 28.6. The topological polar surface area (TPSA) is 26.3 Å². The largest absolute Gasteiger partial charge is 0.469 e. The van der Waals surface area contributed by atoms with Crippen LogP contribution >= 0.6 is 0 Å². The Hall–Kier alpha value is -2.61. The molecule has 0 saturated carbocycles. The predicted molar refractivity (Wildman–Crippen MR) is 202 cm³/mol. The Morgan fingerprint density at radius 1 is 0.356 bits per heavy atom. The third-order valence-electron chi connectivity index (χ3n) is 8.35. The van der Waals surface area contributed by atoms with Crippen LogP contribution in [-0.2, 0) is 9.53 Å². The number of allylic oxidation sites excluding steroid dienone is 16. The molecule has 2 heteroatoms. The summed E-state index contributed by atoms with van der Waals surface area (Å²) < 4.78 is 4.70. The lowest BCUT2D eigenvalue weighted by Crippen LogP contribution is -1.98. The van der Waals surface area contributed by atoms with Crippen LogP contribution in [0.4, 0.5) is 0 Å². The van der Waals surface area contributed by atoms with Gasteiger partial charge in [0, 0.05) is 6.42 Å². The van der Waals surface area contributed by atoms with Crippen molar-refractivity contribution in [3.8, 4) is 0 Å². The molecule has 0 saturated heterocycles. The van der Waals surface area contributed by atoms with Crippen molar-refractivity contribution in [1.82, 2.24) is 0 Å². The monoisotopic (exact) mass is 619 g/mol. The van der Waals surface area contributed by atoms with Crippen LogP contribution in [-0.4, -0.2) is 13.1 Å². The molecule has 0 atom stereocenters. The molecule has 0 aliphatic heterocycles. The molecule has 0 aromatic carbocycles. The summed E-state index contributed by atoms with van der Waals surface area (Å²) in [7, 11) is 1.44. The van der Waals surface area contributed by atoms with Crippen LogP contribution in [0.3, 0.4) is 0 Å². The van der Waals surface area contributed by atoms with Gasteiger partial charge in [-0.25, -0.2) is 0 Å². The molecule has 0 spiro atoms. The van der Waals surface area contributed by atoms with E-state index in [9.17, 15) is 4.79 Å². The van der Waals surface area contributed by atoms with Crippen LogP contribution < -0.4 is 0 Å². The van der Waals surface area contributed by atoms with Gasteiger partial charge in [-0.1, -0.05) is 93.2 Å². The molecule has 2 nitrogen and oxygen atoms in total. The summed E-state index contributed by atoms with van der Waals surface area (Å²) in [5, 5.41) is 0. The molecule has 45 heavy (non-hydrogen) atoms. The molecule has 254 valence electrons. The molecule has 0 aliphatic rings. The third-order valence-corrected chi connectivity index (χ3v) is 8.35. The molecule has 0 aromatic heterocycles. The minimum Gasteiger partial charge on any atom is -0.469 e. The first-order valence-corrected chi connectivity index (χ1v) is 17.7. The van der Waals surface area contributed by atoms with Crippen LogP contribution in [0, 0.1) is 0 Å². The maximum atomic E-state index is 11.2. The van der Waals surface area contributed by atoms with Crippen molar-refractivity contribution < 1.29 is 9.53 Å². The first-order valence-electron chi connectivity index (χ1n) is 17.7. The molecule has 0 unspecified atom stereocenters. The average Bonchev–Trinajstić information content (AvgIpc) is 2.96. The Kier molecular flexibility index (Phi) is 26.1. The Bertz CT molecular complexity index is 1080. The summed E-state index contributed by atoms with van der Waals surface area (Å²) >= 11 is 0. The van der Waals surface area contributed by atoms with Crippen LogP contribution in [0.5, 0.6) is 0 Å². The molecule has 0 N–H and O–H groups in total. The van der Waals surface area contributed by atoms with Crippen molar-refractivity contribution in [2.45, 2.75) is 165 Å². The predicted octanol–water partition coefficient (Wildman–Crippen LogP) is 14.0. The van der Waals surface area contributed by atoms with Gasteiger partial charge in [0.05, 0.1) is 7.11 Å². The Morgan fingerprint density at radius 2 is 0.556 bits per heavy atom. The fourth-order valence-corrected chi connectivity index (χ4v) is 5.12. The maximum absolute atomic E-state index is 11.2. The van der Waals surface area contributed by atoms with Gasteiger partial charge in [-0.05, 0) is 159 Å². The van der Waals surface area contributed by atoms with E-state index < -0.39 is 0 Å². The van der Waals surface area contributed by atoms with Gasteiger partial charge in [0.2, 0.25) is 0 Å². The second-order valence-corrected chi connectivity index (χ2v) is 13.5. The number of hydrogen-bond acceptors (Lipinski definition) is 2. The number of rotatable bonds is 24. The number of carbonyl (C=O) groups excluding carboxylic acids is 1. The summed E-state index contributed by atoms with van der Waals surface area (Å²) in [4.78, 5) is 11.2. The van der Waals surface area contributed by atoms with E-state index in [0.717, 1.165) is 70.6 Å². The van der Waals surface area contributed by atoms with E-state index in [4.69, 9.17) is 4.74 Å². The molecule has 0 aromatic rings. The van der Waals surface area contributed by atoms with E-state index in [1.54, 1.807) is 0 Å². The Labute approximate surface area is 280 Å². The number of methoxy groups -OCH3 is 1. The number of esters is 1. The highest BCUT2D eigenvalue weighted by molar-refractivity contribution is 5.69. The maximum Gasteiger partial charge on any atom is 0.305 e. The first-order chi connectivity index (χ1) is 21.4. The summed E-state index contributed by atoms with van der Waals surface area (Å²) in [6.07, 6.45) is 36.3. The van der Waals surface area contributed by atoms with Gasteiger partial charge >= 0.3 is 5.97 Å². The zero-order valence-corrected chi connectivity index (χ0v) is 31.2. The van der Waals surface area contributed by atoms with Crippen molar-refractivity contribution in [3.05, 3.63) is 93.2 Å². The van der Waals surface area contributed by atoms with Crippen LogP contribution in [0.15, 0.2) is 93.2 Å². The Balaban J connectivity index is 4.20. The van der Waals surface area contributed by atoms with Gasteiger partial charge in [0.1, 0.15) is 0 Å². The highest BCUT2D eigenvalue weighted by Gasteiger charge is 1.99. The van der Waals surface area contributed by atoms with Crippen molar-refractivity contribution in [1.29, 1.82) is 0 Å². The second-order valence-electron chi connectivity index (χ2n) is 13.5. The van der Waals surface area contributed by atoms with Gasteiger partial charge in [0.25, 0.3) is 0 Å². The molecule has 0 heterocycles. The fourth-order valence-electron chi connectivity index (χ4n) is 5.12. The molecule has 0 bridgehead atoms. The molecule has 0 amide bonds. The van der Waals surface area contributed by atoms with E-state index in [1.165, 1.54) is 77.4 Å². The van der Waals surface area contributed by atoms with E-state index in [0.29, 0.717) is 6.42 Å². The molecular weight excluding hydrogens is 548 g/mol. The van der Waals surface area contributed by atoms with Gasteiger partial charge in [0.15, 0.2) is 0 Å². The van der Waals surface area contributed by atoms with Crippen LogP contribution in [0.1, 0.15) is 165 Å².